The van der Waals surface area contributed by atoms with Crippen LogP contribution in [0.5, 0.6) is 5.75 Å². The molecule has 0 bridgehead atoms. The van der Waals surface area contributed by atoms with Crippen molar-refractivity contribution in [3.8, 4) is 17.1 Å². The number of ether oxygens (including phenoxy) is 1. The van der Waals surface area contributed by atoms with Crippen LogP contribution < -0.4 is 4.74 Å². The predicted octanol–water partition coefficient (Wildman–Crippen LogP) is 3.43. The van der Waals surface area contributed by atoms with Gasteiger partial charge < -0.3 is 9.26 Å². The van der Waals surface area contributed by atoms with Crippen molar-refractivity contribution in [3.63, 3.8) is 0 Å². The molecule has 2 heterocycles. The van der Waals surface area contributed by atoms with Gasteiger partial charge in [0.05, 0.1) is 18.4 Å². The topological polar surface area (TPSA) is 76.8 Å². The van der Waals surface area contributed by atoms with Crippen LogP contribution in [0, 0.1) is 13.8 Å². The molecule has 3 rings (SSSR count). The number of hydrogen-bond acceptors (Lipinski definition) is 5. The molecule has 0 radical (unpaired) electrons. The summed E-state index contributed by atoms with van der Waals surface area (Å²) in [5, 5.41) is 11.3. The van der Waals surface area contributed by atoms with Crippen molar-refractivity contribution in [2.75, 3.05) is 7.11 Å². The summed E-state index contributed by atoms with van der Waals surface area (Å²) < 4.78 is 10.8. The Labute approximate surface area is 134 Å². The van der Waals surface area contributed by atoms with Crippen molar-refractivity contribution in [1.29, 1.82) is 0 Å². The summed E-state index contributed by atoms with van der Waals surface area (Å²) in [5.74, 6) is 2.14. The summed E-state index contributed by atoms with van der Waals surface area (Å²) >= 11 is 0. The number of methoxy groups -OCH3 is 1. The lowest BCUT2D eigenvalue weighted by molar-refractivity contribution is 0.371. The Kier molecular flexibility index (Phi) is 4.14. The third-order valence-corrected chi connectivity index (χ3v) is 3.97. The van der Waals surface area contributed by atoms with Crippen molar-refractivity contribution in [2.45, 2.75) is 33.1 Å². The fourth-order valence-corrected chi connectivity index (χ4v) is 2.93. The summed E-state index contributed by atoms with van der Waals surface area (Å²) in [6.45, 7) is 6.17. The fraction of sp³-hybridized carbons (Fsp3) is 0.353. The lowest BCUT2D eigenvalue weighted by Crippen LogP contribution is -2.01. The largest absolute Gasteiger partial charge is 0.496 e. The number of nitrogens with one attached hydrogen (secondary N) is 1. The molecule has 23 heavy (non-hydrogen) atoms. The molecular weight excluding hydrogens is 292 g/mol. The van der Waals surface area contributed by atoms with E-state index in [9.17, 15) is 0 Å². The van der Waals surface area contributed by atoms with Gasteiger partial charge in [-0.15, -0.1) is 0 Å². The molecule has 1 atom stereocenters. The van der Waals surface area contributed by atoms with Crippen LogP contribution in [0.1, 0.15) is 35.7 Å². The Hall–Kier alpha value is -2.63. The van der Waals surface area contributed by atoms with Crippen molar-refractivity contribution >= 4 is 0 Å². The van der Waals surface area contributed by atoms with E-state index in [-0.39, 0.29) is 5.92 Å². The number of nitrogens with zero attached hydrogens (tertiary/aromatic N) is 3. The maximum absolute atomic E-state index is 5.42. The molecule has 120 valence electrons. The fourth-order valence-electron chi connectivity index (χ4n) is 2.93. The number of aryl methyl sites for hydroxylation is 2. The number of H-pyrrole nitrogens is 1. The van der Waals surface area contributed by atoms with Gasteiger partial charge in [-0.05, 0) is 37.5 Å². The van der Waals surface area contributed by atoms with Gasteiger partial charge in [-0.25, -0.2) is 0 Å². The average Bonchev–Trinajstić information content (AvgIpc) is 3.14. The minimum absolute atomic E-state index is 0.250. The number of aromatic amines is 1. The van der Waals surface area contributed by atoms with E-state index < -0.39 is 0 Å². The third-order valence-electron chi connectivity index (χ3n) is 3.97. The van der Waals surface area contributed by atoms with Gasteiger partial charge in [0.1, 0.15) is 5.75 Å². The van der Waals surface area contributed by atoms with E-state index >= 15 is 0 Å². The molecule has 2 aromatic heterocycles. The molecule has 0 saturated heterocycles. The minimum atomic E-state index is 0.250. The number of hydrogen-bond donors (Lipinski definition) is 1. The normalized spacial score (nSPS) is 12.3. The minimum Gasteiger partial charge on any atom is -0.496 e. The average molecular weight is 312 g/mol. The smallest absolute Gasteiger partial charge is 0.227 e. The van der Waals surface area contributed by atoms with Crippen LogP contribution in [0.25, 0.3) is 11.4 Å². The van der Waals surface area contributed by atoms with Crippen LogP contribution in [0.3, 0.4) is 0 Å². The Balaban J connectivity index is 1.83. The van der Waals surface area contributed by atoms with Crippen LogP contribution in [0.15, 0.2) is 28.8 Å². The van der Waals surface area contributed by atoms with E-state index in [2.05, 4.69) is 27.3 Å². The molecule has 0 aliphatic heterocycles. The van der Waals surface area contributed by atoms with Crippen molar-refractivity contribution in [2.24, 2.45) is 0 Å². The zero-order valence-corrected chi connectivity index (χ0v) is 13.8. The molecule has 6 heteroatoms. The molecule has 0 aliphatic rings. The Bertz CT molecular complexity index is 787. The van der Waals surface area contributed by atoms with Crippen LogP contribution >= 0.6 is 0 Å². The first-order chi connectivity index (χ1) is 11.1. The van der Waals surface area contributed by atoms with Crippen molar-refractivity contribution < 1.29 is 9.26 Å². The highest BCUT2D eigenvalue weighted by Crippen LogP contribution is 2.29. The highest BCUT2D eigenvalue weighted by atomic mass is 16.5. The van der Waals surface area contributed by atoms with Gasteiger partial charge in [0, 0.05) is 12.1 Å². The molecule has 3 aromatic rings. The van der Waals surface area contributed by atoms with Gasteiger partial charge in [-0.3, -0.25) is 5.10 Å². The molecule has 0 amide bonds. The van der Waals surface area contributed by atoms with Gasteiger partial charge in [0.2, 0.25) is 11.7 Å². The molecule has 0 unspecified atom stereocenters. The molecule has 0 spiro atoms. The Morgan fingerprint density at radius 3 is 2.74 bits per heavy atom. The molecule has 1 N–H and O–H groups in total. The number of rotatable bonds is 5. The summed E-state index contributed by atoms with van der Waals surface area (Å²) in [6, 6.07) is 7.64. The van der Waals surface area contributed by atoms with Crippen molar-refractivity contribution in [3.05, 3.63) is 47.1 Å². The van der Waals surface area contributed by atoms with Crippen LogP contribution in [-0.4, -0.2) is 27.4 Å². The molecule has 0 aliphatic carbocycles. The lowest BCUT2D eigenvalue weighted by Gasteiger charge is -2.08. The maximum Gasteiger partial charge on any atom is 0.227 e. The highest BCUT2D eigenvalue weighted by Gasteiger charge is 2.19. The molecule has 1 aromatic carbocycles. The first-order valence-corrected chi connectivity index (χ1v) is 7.57. The van der Waals surface area contributed by atoms with Crippen molar-refractivity contribution in [1.82, 2.24) is 20.3 Å². The van der Waals surface area contributed by atoms with E-state index in [1.165, 1.54) is 5.56 Å². The predicted molar refractivity (Wildman–Crippen MR) is 86.5 cm³/mol. The lowest BCUT2D eigenvalue weighted by atomic mass is 9.96. The van der Waals surface area contributed by atoms with Gasteiger partial charge in [0.25, 0.3) is 0 Å². The second-order valence-corrected chi connectivity index (χ2v) is 5.66. The van der Waals surface area contributed by atoms with E-state index in [1.807, 2.05) is 38.1 Å². The van der Waals surface area contributed by atoms with E-state index in [0.29, 0.717) is 18.1 Å². The quantitative estimate of drug-likeness (QED) is 0.781. The zero-order valence-electron chi connectivity index (χ0n) is 13.8. The van der Waals surface area contributed by atoms with E-state index in [4.69, 9.17) is 9.26 Å². The standard InChI is InChI=1S/C17H20N4O2/c1-10(16-11(2)19-20-12(16)3)9-15-18-17(21-23-15)13-7-5-6-8-14(13)22-4/h5-8,10H,9H2,1-4H3,(H,19,20)/t10-/m1/s1. The Morgan fingerprint density at radius 2 is 2.04 bits per heavy atom. The third kappa shape index (κ3) is 2.97. The molecule has 6 nitrogen and oxygen atoms in total. The van der Waals surface area contributed by atoms with Crippen LogP contribution in [-0.2, 0) is 6.42 Å². The SMILES string of the molecule is COc1ccccc1-c1noc(C[C@@H](C)c2c(C)n[nH]c2C)n1. The monoisotopic (exact) mass is 312 g/mol. The summed E-state index contributed by atoms with van der Waals surface area (Å²) in [4.78, 5) is 4.51. The summed E-state index contributed by atoms with van der Waals surface area (Å²) in [5.41, 5.74) is 4.13. The van der Waals surface area contributed by atoms with Gasteiger partial charge in [-0.2, -0.15) is 10.1 Å². The van der Waals surface area contributed by atoms with E-state index in [0.717, 1.165) is 22.7 Å². The maximum atomic E-state index is 5.42. The van der Waals surface area contributed by atoms with Crippen LogP contribution in [0.4, 0.5) is 0 Å². The molecular formula is C17H20N4O2. The Morgan fingerprint density at radius 1 is 1.26 bits per heavy atom. The number of para-hydroxylation sites is 1. The second-order valence-electron chi connectivity index (χ2n) is 5.66. The first-order valence-electron chi connectivity index (χ1n) is 7.57. The summed E-state index contributed by atoms with van der Waals surface area (Å²) in [6.07, 6.45) is 0.670. The number of benzene rings is 1. The molecule has 0 fully saturated rings. The summed E-state index contributed by atoms with van der Waals surface area (Å²) in [7, 11) is 1.63. The zero-order chi connectivity index (χ0) is 16.4. The highest BCUT2D eigenvalue weighted by molar-refractivity contribution is 5.63. The van der Waals surface area contributed by atoms with Crippen LogP contribution in [0.2, 0.25) is 0 Å². The second kappa shape index (κ2) is 6.24. The van der Waals surface area contributed by atoms with Gasteiger partial charge in [-0.1, -0.05) is 24.2 Å². The molecule has 0 saturated carbocycles. The van der Waals surface area contributed by atoms with Gasteiger partial charge in [0.15, 0.2) is 0 Å². The number of aromatic nitrogens is 4. The first kappa shape index (κ1) is 15.3. The van der Waals surface area contributed by atoms with E-state index in [1.54, 1.807) is 7.11 Å². The van der Waals surface area contributed by atoms with Gasteiger partial charge >= 0.3 is 0 Å².